The summed E-state index contributed by atoms with van der Waals surface area (Å²) in [7, 11) is 0. The van der Waals surface area contributed by atoms with E-state index in [0.29, 0.717) is 13.2 Å². The molecule has 0 spiro atoms. The third-order valence-corrected chi connectivity index (χ3v) is 5.51. The van der Waals surface area contributed by atoms with Crippen molar-refractivity contribution in [3.63, 3.8) is 0 Å². The van der Waals surface area contributed by atoms with Crippen LogP contribution in [-0.2, 0) is 14.2 Å². The summed E-state index contributed by atoms with van der Waals surface area (Å²) in [6.45, 7) is 3.35. The molecule has 116 valence electrons. The minimum atomic E-state index is -1.04. The van der Waals surface area contributed by atoms with E-state index in [-0.39, 0.29) is 12.0 Å². The average molecular weight is 284 g/mol. The summed E-state index contributed by atoms with van der Waals surface area (Å²) in [5.41, 5.74) is 0. The van der Waals surface area contributed by atoms with Crippen LogP contribution in [0.25, 0.3) is 0 Å². The second kappa shape index (κ2) is 6.73. The lowest BCUT2D eigenvalue weighted by Crippen LogP contribution is -2.43. The molecule has 2 unspecified atom stereocenters. The van der Waals surface area contributed by atoms with Crippen LogP contribution in [0.3, 0.4) is 0 Å². The highest BCUT2D eigenvalue weighted by Gasteiger charge is 2.35. The number of aliphatic hydroxyl groups is 1. The van der Waals surface area contributed by atoms with Gasteiger partial charge in [-0.2, -0.15) is 0 Å². The van der Waals surface area contributed by atoms with Gasteiger partial charge in [0.25, 0.3) is 6.48 Å². The highest BCUT2D eigenvalue weighted by Crippen LogP contribution is 2.38. The van der Waals surface area contributed by atoms with Gasteiger partial charge in [0.05, 0.1) is 25.9 Å². The Morgan fingerprint density at radius 2 is 1.30 bits per heavy atom. The molecular weight excluding hydrogens is 256 g/mol. The SMILES string of the molecule is CC1CCC(C2CCC(C3COC(O)OC3)OC2)CC1. The van der Waals surface area contributed by atoms with Crippen LogP contribution in [0.5, 0.6) is 0 Å². The molecule has 0 radical (unpaired) electrons. The third-order valence-electron chi connectivity index (χ3n) is 5.51. The third kappa shape index (κ3) is 3.53. The van der Waals surface area contributed by atoms with Crippen LogP contribution in [0.1, 0.15) is 45.4 Å². The summed E-state index contributed by atoms with van der Waals surface area (Å²) < 4.78 is 16.4. The highest BCUT2D eigenvalue weighted by molar-refractivity contribution is 4.83. The van der Waals surface area contributed by atoms with Gasteiger partial charge in [-0.05, 0) is 43.4 Å². The first-order valence-corrected chi connectivity index (χ1v) is 8.25. The molecule has 0 bridgehead atoms. The van der Waals surface area contributed by atoms with E-state index in [0.717, 1.165) is 30.8 Å². The molecule has 4 heteroatoms. The van der Waals surface area contributed by atoms with Crippen LogP contribution in [0.15, 0.2) is 0 Å². The quantitative estimate of drug-likeness (QED) is 0.846. The molecule has 2 heterocycles. The lowest BCUT2D eigenvalue weighted by molar-refractivity contribution is -0.311. The zero-order chi connectivity index (χ0) is 13.9. The molecule has 2 saturated heterocycles. The van der Waals surface area contributed by atoms with Gasteiger partial charge in [0, 0.05) is 5.92 Å². The topological polar surface area (TPSA) is 47.9 Å². The largest absolute Gasteiger partial charge is 0.377 e. The molecule has 0 amide bonds. The molecule has 3 aliphatic rings. The Balaban J connectivity index is 1.42. The van der Waals surface area contributed by atoms with Gasteiger partial charge in [0.2, 0.25) is 0 Å². The van der Waals surface area contributed by atoms with Crippen LogP contribution in [-0.4, -0.2) is 37.5 Å². The molecule has 2 atom stereocenters. The highest BCUT2D eigenvalue weighted by atomic mass is 16.8. The van der Waals surface area contributed by atoms with E-state index in [2.05, 4.69) is 6.92 Å². The van der Waals surface area contributed by atoms with Crippen molar-refractivity contribution in [2.75, 3.05) is 19.8 Å². The predicted molar refractivity (Wildman–Crippen MR) is 75.0 cm³/mol. The van der Waals surface area contributed by atoms with Crippen molar-refractivity contribution >= 4 is 0 Å². The number of aliphatic hydroxyl groups excluding tert-OH is 1. The van der Waals surface area contributed by atoms with Gasteiger partial charge in [-0.15, -0.1) is 0 Å². The molecule has 3 fully saturated rings. The van der Waals surface area contributed by atoms with E-state index in [4.69, 9.17) is 14.2 Å². The molecule has 0 aromatic rings. The van der Waals surface area contributed by atoms with Gasteiger partial charge < -0.3 is 19.3 Å². The summed E-state index contributed by atoms with van der Waals surface area (Å²) in [6, 6.07) is 0. The first-order valence-electron chi connectivity index (χ1n) is 8.25. The fourth-order valence-corrected chi connectivity index (χ4v) is 4.02. The molecule has 1 saturated carbocycles. The van der Waals surface area contributed by atoms with E-state index in [9.17, 15) is 5.11 Å². The van der Waals surface area contributed by atoms with E-state index >= 15 is 0 Å². The normalized spacial score (nSPS) is 47.1. The lowest BCUT2D eigenvalue weighted by atomic mass is 9.74. The van der Waals surface area contributed by atoms with Crippen LogP contribution in [0, 0.1) is 23.7 Å². The smallest absolute Gasteiger partial charge is 0.269 e. The average Bonchev–Trinajstić information content (AvgIpc) is 2.49. The van der Waals surface area contributed by atoms with Crippen molar-refractivity contribution in [3.8, 4) is 0 Å². The van der Waals surface area contributed by atoms with Gasteiger partial charge in [0.1, 0.15) is 0 Å². The number of rotatable bonds is 2. The first kappa shape index (κ1) is 14.8. The molecule has 4 nitrogen and oxygen atoms in total. The van der Waals surface area contributed by atoms with Crippen molar-refractivity contribution in [1.29, 1.82) is 0 Å². The fourth-order valence-electron chi connectivity index (χ4n) is 4.02. The van der Waals surface area contributed by atoms with Crippen LogP contribution in [0.4, 0.5) is 0 Å². The van der Waals surface area contributed by atoms with Crippen molar-refractivity contribution in [3.05, 3.63) is 0 Å². The van der Waals surface area contributed by atoms with Crippen molar-refractivity contribution in [1.82, 2.24) is 0 Å². The minimum absolute atomic E-state index is 0.251. The predicted octanol–water partition coefficient (Wildman–Crippen LogP) is 2.55. The fraction of sp³-hybridized carbons (Fsp3) is 1.00. The molecule has 20 heavy (non-hydrogen) atoms. The maximum absolute atomic E-state index is 9.17. The van der Waals surface area contributed by atoms with Crippen molar-refractivity contribution < 1.29 is 19.3 Å². The molecule has 3 rings (SSSR count). The van der Waals surface area contributed by atoms with Gasteiger partial charge in [-0.25, -0.2) is 0 Å². The summed E-state index contributed by atoms with van der Waals surface area (Å²) in [5, 5.41) is 9.17. The maximum Gasteiger partial charge on any atom is 0.269 e. The number of ether oxygens (including phenoxy) is 3. The second-order valence-electron chi connectivity index (χ2n) is 6.96. The van der Waals surface area contributed by atoms with Gasteiger partial charge in [-0.3, -0.25) is 0 Å². The summed E-state index contributed by atoms with van der Waals surface area (Å²) in [6.07, 6.45) is 8.22. The van der Waals surface area contributed by atoms with Gasteiger partial charge in [-0.1, -0.05) is 19.8 Å². The summed E-state index contributed by atoms with van der Waals surface area (Å²) in [4.78, 5) is 0. The Morgan fingerprint density at radius 1 is 0.700 bits per heavy atom. The Bertz CT molecular complexity index is 255. The van der Waals surface area contributed by atoms with Crippen molar-refractivity contribution in [2.24, 2.45) is 23.7 Å². The van der Waals surface area contributed by atoms with Gasteiger partial charge >= 0.3 is 0 Å². The van der Waals surface area contributed by atoms with E-state index < -0.39 is 6.48 Å². The Labute approximate surface area is 121 Å². The molecule has 2 aliphatic heterocycles. The molecular formula is C16H28O4. The Kier molecular flexibility index (Phi) is 4.97. The van der Waals surface area contributed by atoms with E-state index in [1.807, 2.05) is 0 Å². The molecule has 1 aliphatic carbocycles. The molecule has 1 N–H and O–H groups in total. The minimum Gasteiger partial charge on any atom is -0.377 e. The van der Waals surface area contributed by atoms with Crippen LogP contribution >= 0.6 is 0 Å². The summed E-state index contributed by atoms with van der Waals surface area (Å²) in [5.74, 6) is 2.85. The van der Waals surface area contributed by atoms with Gasteiger partial charge in [0.15, 0.2) is 0 Å². The monoisotopic (exact) mass is 284 g/mol. The van der Waals surface area contributed by atoms with E-state index in [1.54, 1.807) is 0 Å². The maximum atomic E-state index is 9.17. The Morgan fingerprint density at radius 3 is 1.90 bits per heavy atom. The number of hydrogen-bond donors (Lipinski definition) is 1. The molecule has 0 aromatic heterocycles. The molecule has 0 aromatic carbocycles. The zero-order valence-corrected chi connectivity index (χ0v) is 12.5. The zero-order valence-electron chi connectivity index (χ0n) is 12.5. The second-order valence-corrected chi connectivity index (χ2v) is 6.96. The van der Waals surface area contributed by atoms with Crippen molar-refractivity contribution in [2.45, 2.75) is 58.0 Å². The van der Waals surface area contributed by atoms with Crippen LogP contribution in [0.2, 0.25) is 0 Å². The Hall–Kier alpha value is -0.160. The van der Waals surface area contributed by atoms with E-state index in [1.165, 1.54) is 32.1 Å². The number of hydrogen-bond acceptors (Lipinski definition) is 4. The standard InChI is InChI=1S/C16H28O4/c1-11-2-4-12(5-3-11)13-6-7-15(18-8-13)14-9-19-16(17)20-10-14/h11-17H,2-10H2,1H3. The summed E-state index contributed by atoms with van der Waals surface area (Å²) >= 11 is 0. The lowest BCUT2D eigenvalue weighted by Gasteiger charge is -2.40. The van der Waals surface area contributed by atoms with Crippen LogP contribution < -0.4 is 0 Å². The first-order chi connectivity index (χ1) is 9.72.